The van der Waals surface area contributed by atoms with E-state index in [1.807, 2.05) is 41.2 Å². The number of likely N-dealkylation sites (tertiary alicyclic amines) is 1. The van der Waals surface area contributed by atoms with E-state index in [1.54, 1.807) is 24.1 Å². The fourth-order valence-electron chi connectivity index (χ4n) is 3.57. The van der Waals surface area contributed by atoms with Gasteiger partial charge in [0.25, 0.3) is 5.91 Å². The van der Waals surface area contributed by atoms with Crippen molar-refractivity contribution in [2.24, 2.45) is 0 Å². The highest BCUT2D eigenvalue weighted by Gasteiger charge is 2.51. The Kier molecular flexibility index (Phi) is 5.47. The molecule has 2 fully saturated rings. The molecule has 0 saturated carbocycles. The van der Waals surface area contributed by atoms with Gasteiger partial charge in [-0.2, -0.15) is 5.10 Å². The summed E-state index contributed by atoms with van der Waals surface area (Å²) in [6, 6.07) is 5.74. The first-order valence-corrected chi connectivity index (χ1v) is 10.1. The third-order valence-corrected chi connectivity index (χ3v) is 6.59. The molecule has 2 saturated heterocycles. The van der Waals surface area contributed by atoms with Crippen molar-refractivity contribution in [1.29, 1.82) is 0 Å². The van der Waals surface area contributed by atoms with Crippen LogP contribution in [0.3, 0.4) is 0 Å². The SMILES string of the molecule is COCCn1ccc(C(=O)N2CC3(C[C@@H](OCc4cccnc4)CS3)C2)n1. The second-order valence-electron chi connectivity index (χ2n) is 7.11. The molecule has 8 heteroatoms. The lowest BCUT2D eigenvalue weighted by Gasteiger charge is -2.47. The number of rotatable bonds is 7. The Morgan fingerprint density at radius 1 is 1.41 bits per heavy atom. The van der Waals surface area contributed by atoms with Crippen molar-refractivity contribution >= 4 is 17.7 Å². The minimum atomic E-state index is 0.0112. The summed E-state index contributed by atoms with van der Waals surface area (Å²) in [4.78, 5) is 18.6. The Bertz CT molecular complexity index is 776. The van der Waals surface area contributed by atoms with E-state index in [-0.39, 0.29) is 16.8 Å². The van der Waals surface area contributed by atoms with Gasteiger partial charge in [0.2, 0.25) is 0 Å². The van der Waals surface area contributed by atoms with Gasteiger partial charge in [0, 0.05) is 44.5 Å². The molecule has 27 heavy (non-hydrogen) atoms. The van der Waals surface area contributed by atoms with Gasteiger partial charge in [-0.1, -0.05) is 6.07 Å². The molecule has 0 N–H and O–H groups in total. The number of pyridine rings is 1. The fraction of sp³-hybridized carbons (Fsp3) is 0.526. The lowest BCUT2D eigenvalue weighted by molar-refractivity contribution is 0.0252. The number of carbonyl (C=O) groups excluding carboxylic acids is 1. The predicted octanol–water partition coefficient (Wildman–Crippen LogP) is 1.84. The molecule has 144 valence electrons. The molecule has 2 aromatic rings. The van der Waals surface area contributed by atoms with Gasteiger partial charge in [0.05, 0.1) is 30.6 Å². The minimum absolute atomic E-state index is 0.0112. The maximum atomic E-state index is 12.6. The number of ether oxygens (including phenoxy) is 2. The maximum absolute atomic E-state index is 12.6. The van der Waals surface area contributed by atoms with Crippen LogP contribution < -0.4 is 0 Å². The lowest BCUT2D eigenvalue weighted by Crippen LogP contribution is -2.60. The summed E-state index contributed by atoms with van der Waals surface area (Å²) in [7, 11) is 1.65. The van der Waals surface area contributed by atoms with E-state index in [0.717, 1.165) is 30.8 Å². The molecule has 4 rings (SSSR count). The van der Waals surface area contributed by atoms with Crippen molar-refractivity contribution in [2.45, 2.75) is 30.4 Å². The Morgan fingerprint density at radius 3 is 3.07 bits per heavy atom. The summed E-state index contributed by atoms with van der Waals surface area (Å²) in [5.41, 5.74) is 1.60. The molecule has 0 radical (unpaired) electrons. The van der Waals surface area contributed by atoms with Crippen LogP contribution in [0.1, 0.15) is 22.5 Å². The molecular weight excluding hydrogens is 364 g/mol. The van der Waals surface area contributed by atoms with Crippen molar-refractivity contribution in [1.82, 2.24) is 19.7 Å². The topological polar surface area (TPSA) is 69.5 Å². The third kappa shape index (κ3) is 4.17. The number of thioether (sulfide) groups is 1. The van der Waals surface area contributed by atoms with Crippen LogP contribution in [0.25, 0.3) is 0 Å². The minimum Gasteiger partial charge on any atom is -0.383 e. The highest BCUT2D eigenvalue weighted by molar-refractivity contribution is 8.01. The van der Waals surface area contributed by atoms with Crippen LogP contribution in [0.4, 0.5) is 0 Å². The number of carbonyl (C=O) groups is 1. The van der Waals surface area contributed by atoms with E-state index in [9.17, 15) is 4.79 Å². The summed E-state index contributed by atoms with van der Waals surface area (Å²) in [6.07, 6.45) is 6.66. The van der Waals surface area contributed by atoms with Crippen LogP contribution in [0.2, 0.25) is 0 Å². The molecule has 2 aliphatic heterocycles. The Hall–Kier alpha value is -1.90. The van der Waals surface area contributed by atoms with Gasteiger partial charge in [-0.15, -0.1) is 11.8 Å². The second-order valence-corrected chi connectivity index (χ2v) is 8.60. The zero-order valence-electron chi connectivity index (χ0n) is 15.4. The van der Waals surface area contributed by atoms with Crippen molar-refractivity contribution in [2.75, 3.05) is 32.6 Å². The zero-order valence-corrected chi connectivity index (χ0v) is 16.2. The van der Waals surface area contributed by atoms with Crippen LogP contribution in [0.5, 0.6) is 0 Å². The van der Waals surface area contributed by atoms with Gasteiger partial charge < -0.3 is 14.4 Å². The summed E-state index contributed by atoms with van der Waals surface area (Å²) in [5, 5.41) is 4.35. The van der Waals surface area contributed by atoms with Gasteiger partial charge in [0.1, 0.15) is 5.69 Å². The number of nitrogens with zero attached hydrogens (tertiary/aromatic N) is 4. The van der Waals surface area contributed by atoms with Crippen LogP contribution in [-0.2, 0) is 22.6 Å². The third-order valence-electron chi connectivity index (χ3n) is 5.01. The maximum Gasteiger partial charge on any atom is 0.274 e. The smallest absolute Gasteiger partial charge is 0.274 e. The first kappa shape index (κ1) is 18.5. The van der Waals surface area contributed by atoms with Gasteiger partial charge in [-0.25, -0.2) is 0 Å². The molecule has 7 nitrogen and oxygen atoms in total. The van der Waals surface area contributed by atoms with E-state index in [1.165, 1.54) is 0 Å². The normalized spacial score (nSPS) is 20.8. The van der Waals surface area contributed by atoms with Crippen molar-refractivity contribution in [3.05, 3.63) is 48.0 Å². The zero-order chi connectivity index (χ0) is 18.7. The standard InChI is InChI=1S/C19H24N4O3S/c1-25-8-7-23-6-4-17(21-23)18(24)22-13-19(14-22)9-16(12-27-19)26-11-15-3-2-5-20-10-15/h2-6,10,16H,7-9,11-14H2,1H3/t16-/m1/s1. The molecule has 0 unspecified atom stereocenters. The monoisotopic (exact) mass is 388 g/mol. The summed E-state index contributed by atoms with van der Waals surface area (Å²) in [5.74, 6) is 0.991. The van der Waals surface area contributed by atoms with Gasteiger partial charge in [-0.05, 0) is 24.1 Å². The molecule has 0 bridgehead atoms. The van der Waals surface area contributed by atoms with E-state index >= 15 is 0 Å². The van der Waals surface area contributed by atoms with Gasteiger partial charge in [-0.3, -0.25) is 14.5 Å². The molecular formula is C19H24N4O3S. The molecule has 1 spiro atoms. The highest BCUT2D eigenvalue weighted by Crippen LogP contribution is 2.46. The van der Waals surface area contributed by atoms with Gasteiger partial charge >= 0.3 is 0 Å². The fourth-order valence-corrected chi connectivity index (χ4v) is 5.12. The Morgan fingerprint density at radius 2 is 2.30 bits per heavy atom. The second kappa shape index (κ2) is 8.00. The molecule has 0 aliphatic carbocycles. The molecule has 2 aliphatic rings. The number of hydrogen-bond acceptors (Lipinski definition) is 6. The molecule has 0 aromatic carbocycles. The van der Waals surface area contributed by atoms with Crippen LogP contribution in [-0.4, -0.2) is 69.0 Å². The molecule has 1 atom stereocenters. The highest BCUT2D eigenvalue weighted by atomic mass is 32.2. The van der Waals surface area contributed by atoms with Crippen LogP contribution in [0, 0.1) is 0 Å². The van der Waals surface area contributed by atoms with E-state index in [4.69, 9.17) is 9.47 Å². The Balaban J connectivity index is 1.25. The average molecular weight is 388 g/mol. The first-order valence-electron chi connectivity index (χ1n) is 9.14. The lowest BCUT2D eigenvalue weighted by atomic mass is 9.92. The van der Waals surface area contributed by atoms with Gasteiger partial charge in [0.15, 0.2) is 0 Å². The van der Waals surface area contributed by atoms with Crippen LogP contribution in [0.15, 0.2) is 36.8 Å². The van der Waals surface area contributed by atoms with Crippen molar-refractivity contribution in [3.8, 4) is 0 Å². The number of hydrogen-bond donors (Lipinski definition) is 0. The average Bonchev–Trinajstić information content (AvgIpc) is 3.31. The summed E-state index contributed by atoms with van der Waals surface area (Å²) in [6.45, 7) is 3.37. The number of aromatic nitrogens is 3. The van der Waals surface area contributed by atoms with Crippen molar-refractivity contribution < 1.29 is 14.3 Å². The van der Waals surface area contributed by atoms with E-state index < -0.39 is 0 Å². The molecule has 4 heterocycles. The largest absolute Gasteiger partial charge is 0.383 e. The number of methoxy groups -OCH3 is 1. The first-order chi connectivity index (χ1) is 13.2. The molecule has 2 aromatic heterocycles. The predicted molar refractivity (Wildman–Crippen MR) is 103 cm³/mol. The summed E-state index contributed by atoms with van der Waals surface area (Å²) >= 11 is 1.93. The van der Waals surface area contributed by atoms with Crippen LogP contribution >= 0.6 is 11.8 Å². The quantitative estimate of drug-likeness (QED) is 0.721. The molecule has 1 amide bonds. The van der Waals surface area contributed by atoms with E-state index in [2.05, 4.69) is 10.1 Å². The van der Waals surface area contributed by atoms with Crippen molar-refractivity contribution in [3.63, 3.8) is 0 Å². The Labute approximate surface area is 163 Å². The number of amides is 1. The summed E-state index contributed by atoms with van der Waals surface area (Å²) < 4.78 is 13.0. The van der Waals surface area contributed by atoms with E-state index in [0.29, 0.717) is 25.5 Å².